The van der Waals surface area contributed by atoms with Crippen molar-refractivity contribution in [1.82, 2.24) is 14.9 Å². The number of aromatic nitrogens is 3. The van der Waals surface area contributed by atoms with E-state index in [4.69, 9.17) is 4.74 Å². The van der Waals surface area contributed by atoms with Crippen LogP contribution in [0.2, 0.25) is 0 Å². The van der Waals surface area contributed by atoms with Crippen molar-refractivity contribution in [2.24, 2.45) is 4.99 Å². The van der Waals surface area contributed by atoms with Crippen molar-refractivity contribution in [3.05, 3.63) is 36.3 Å². The van der Waals surface area contributed by atoms with Crippen molar-refractivity contribution in [1.29, 1.82) is 0 Å². The molecular weight excluding hydrogens is 377 g/mol. The first-order valence-electron chi connectivity index (χ1n) is 7.69. The summed E-state index contributed by atoms with van der Waals surface area (Å²) in [6, 6.07) is 0. The molecule has 0 amide bonds. The van der Waals surface area contributed by atoms with E-state index in [-0.39, 0.29) is 12.4 Å². The highest BCUT2D eigenvalue weighted by Crippen LogP contribution is 2.30. The first-order valence-corrected chi connectivity index (χ1v) is 7.69. The van der Waals surface area contributed by atoms with E-state index < -0.39 is 30.1 Å². The maximum Gasteiger partial charge on any atom is 0.425 e. The predicted octanol–water partition coefficient (Wildman–Crippen LogP) is 2.98. The van der Waals surface area contributed by atoms with Crippen LogP contribution in [-0.2, 0) is 15.6 Å². The number of aliphatic imine (C=N–C) groups is 1. The Bertz CT molecular complexity index is 699. The lowest BCUT2D eigenvalue weighted by Gasteiger charge is -2.29. The Balaban J connectivity index is 3.44. The van der Waals surface area contributed by atoms with Gasteiger partial charge in [0.15, 0.2) is 11.9 Å². The van der Waals surface area contributed by atoms with Crippen molar-refractivity contribution in [2.75, 3.05) is 25.7 Å². The van der Waals surface area contributed by atoms with Gasteiger partial charge in [-0.3, -0.25) is 4.99 Å². The topological polar surface area (TPSA) is 64.8 Å². The van der Waals surface area contributed by atoms with Gasteiger partial charge in [-0.05, 0) is 19.9 Å². The smallest absolute Gasteiger partial charge is 0.425 e. The largest absolute Gasteiger partial charge is 0.465 e. The van der Waals surface area contributed by atoms with Crippen LogP contribution in [0.25, 0.3) is 0 Å². The van der Waals surface area contributed by atoms with Gasteiger partial charge in [-0.1, -0.05) is 12.7 Å². The molecule has 27 heavy (non-hydrogen) atoms. The molecule has 0 aliphatic rings. The molecule has 1 aromatic rings. The molecule has 1 atom stereocenters. The summed E-state index contributed by atoms with van der Waals surface area (Å²) in [5.74, 6) is -1.55. The molecule has 1 rings (SSSR count). The highest BCUT2D eigenvalue weighted by molar-refractivity contribution is 5.74. The number of ether oxygens (including phenoxy) is 2. The molecule has 7 nitrogen and oxygen atoms in total. The second-order valence-corrected chi connectivity index (χ2v) is 5.10. The molecule has 12 heteroatoms. The lowest BCUT2D eigenvalue weighted by Crippen LogP contribution is -2.40. The van der Waals surface area contributed by atoms with Gasteiger partial charge < -0.3 is 9.47 Å². The third-order valence-corrected chi connectivity index (χ3v) is 3.13. The van der Waals surface area contributed by atoms with Gasteiger partial charge in [0.2, 0.25) is 5.88 Å². The maximum absolute atomic E-state index is 14.3. The van der Waals surface area contributed by atoms with E-state index in [1.807, 2.05) is 0 Å². The zero-order chi connectivity index (χ0) is 20.8. The molecule has 0 aliphatic carbocycles. The van der Waals surface area contributed by atoms with Gasteiger partial charge in [0, 0.05) is 14.1 Å². The van der Waals surface area contributed by atoms with Gasteiger partial charge >= 0.3 is 12.3 Å². The summed E-state index contributed by atoms with van der Waals surface area (Å²) in [5, 5.41) is 7.85. The van der Waals surface area contributed by atoms with Gasteiger partial charge in [-0.25, -0.2) is 9.69 Å². The van der Waals surface area contributed by atoms with E-state index in [2.05, 4.69) is 26.5 Å². The van der Waals surface area contributed by atoms with Crippen LogP contribution < -0.4 is 5.01 Å². The number of halogens is 5. The van der Waals surface area contributed by atoms with E-state index in [1.54, 1.807) is 0 Å². The number of nitrogens with zero attached hydrogens (tertiary/aromatic N) is 5. The fourth-order valence-corrected chi connectivity index (χ4v) is 1.88. The lowest BCUT2D eigenvalue weighted by molar-refractivity contribution is -0.253. The number of rotatable bonds is 9. The van der Waals surface area contributed by atoms with Crippen LogP contribution >= 0.6 is 0 Å². The van der Waals surface area contributed by atoms with E-state index in [0.29, 0.717) is 0 Å². The zero-order valence-electron chi connectivity index (χ0n) is 15.2. The fraction of sp³-hybridized carbons (Fsp3) is 0.533. The summed E-state index contributed by atoms with van der Waals surface area (Å²) in [4.78, 5) is 3.67. The average molecular weight is 397 g/mol. The van der Waals surface area contributed by atoms with Crippen molar-refractivity contribution < 1.29 is 31.4 Å². The second-order valence-electron chi connectivity index (χ2n) is 5.10. The van der Waals surface area contributed by atoms with Crippen molar-refractivity contribution >= 4 is 6.21 Å². The summed E-state index contributed by atoms with van der Waals surface area (Å²) in [5.41, 5.74) is 0. The quantitative estimate of drug-likeness (QED) is 0.277. The minimum absolute atomic E-state index is 0.174. The monoisotopic (exact) mass is 397 g/mol. The first kappa shape index (κ1) is 22.5. The van der Waals surface area contributed by atoms with Crippen LogP contribution in [0, 0.1) is 0 Å². The molecule has 0 aromatic carbocycles. The SMILES string of the molecule is C=C/C=C(/O[C@@H](C)C(F)(F)F)N(C)n1c(/C=N\C)nnc1C(F)(F)OCC. The molecule has 0 unspecified atom stereocenters. The van der Waals surface area contributed by atoms with Crippen LogP contribution in [0.5, 0.6) is 0 Å². The zero-order valence-corrected chi connectivity index (χ0v) is 15.2. The van der Waals surface area contributed by atoms with Crippen LogP contribution in [0.1, 0.15) is 25.5 Å². The average Bonchev–Trinajstić information content (AvgIpc) is 2.97. The highest BCUT2D eigenvalue weighted by Gasteiger charge is 2.42. The standard InChI is InChI=1S/C15H20F5N5O2/c1-6-8-12(27-10(3)14(16,17)18)24(5)25-11(9-21-4)22-23-13(25)15(19,20)26-7-2/h6,8-10H,1,7H2,2-5H3/b12-8+,21-9-/t10-/m0/s1. The normalized spacial score (nSPS) is 14.5. The number of allylic oxidation sites excluding steroid dienone is 2. The Morgan fingerprint density at radius 2 is 1.96 bits per heavy atom. The molecule has 0 N–H and O–H groups in total. The van der Waals surface area contributed by atoms with Gasteiger partial charge in [0.25, 0.3) is 5.82 Å². The predicted molar refractivity (Wildman–Crippen MR) is 88.1 cm³/mol. The lowest BCUT2D eigenvalue weighted by atomic mass is 10.4. The third-order valence-electron chi connectivity index (χ3n) is 3.13. The van der Waals surface area contributed by atoms with Crippen LogP contribution in [-0.4, -0.2) is 54.1 Å². The van der Waals surface area contributed by atoms with Gasteiger partial charge in [0.1, 0.15) is 0 Å². The van der Waals surface area contributed by atoms with Crippen LogP contribution in [0.3, 0.4) is 0 Å². The molecule has 0 spiro atoms. The summed E-state index contributed by atoms with van der Waals surface area (Å²) < 4.78 is 77.0. The highest BCUT2D eigenvalue weighted by atomic mass is 19.4. The summed E-state index contributed by atoms with van der Waals surface area (Å²) >= 11 is 0. The summed E-state index contributed by atoms with van der Waals surface area (Å²) in [6.45, 7) is 5.18. The van der Waals surface area contributed by atoms with Gasteiger partial charge in [-0.2, -0.15) is 22.0 Å². The second kappa shape index (κ2) is 8.93. The van der Waals surface area contributed by atoms with E-state index in [1.165, 1.54) is 21.0 Å². The van der Waals surface area contributed by atoms with E-state index >= 15 is 0 Å². The van der Waals surface area contributed by atoms with Crippen molar-refractivity contribution in [3.63, 3.8) is 0 Å². The van der Waals surface area contributed by atoms with Crippen LogP contribution in [0.15, 0.2) is 29.6 Å². The number of alkyl halides is 5. The molecule has 0 fully saturated rings. The molecule has 1 heterocycles. The Morgan fingerprint density at radius 1 is 1.33 bits per heavy atom. The Hall–Kier alpha value is -2.50. The van der Waals surface area contributed by atoms with E-state index in [9.17, 15) is 22.0 Å². The summed E-state index contributed by atoms with van der Waals surface area (Å²) in [6.07, 6.45) is -7.40. The van der Waals surface area contributed by atoms with Crippen molar-refractivity contribution in [3.8, 4) is 0 Å². The summed E-state index contributed by atoms with van der Waals surface area (Å²) in [7, 11) is 2.56. The van der Waals surface area contributed by atoms with Crippen molar-refractivity contribution in [2.45, 2.75) is 32.2 Å². The fourth-order valence-electron chi connectivity index (χ4n) is 1.88. The Kier molecular flexibility index (Phi) is 7.46. The molecule has 1 aromatic heterocycles. The minimum Gasteiger partial charge on any atom is -0.465 e. The third kappa shape index (κ3) is 5.49. The Labute approximate surface area is 152 Å². The first-order chi connectivity index (χ1) is 12.5. The minimum atomic E-state index is -4.67. The molecule has 0 saturated carbocycles. The van der Waals surface area contributed by atoms with Gasteiger partial charge in [-0.15, -0.1) is 10.2 Å². The number of hydrogen-bond acceptors (Lipinski definition) is 6. The number of hydrogen-bond donors (Lipinski definition) is 0. The molecular formula is C15H20F5N5O2. The maximum atomic E-state index is 14.3. The molecule has 0 bridgehead atoms. The van der Waals surface area contributed by atoms with Crippen LogP contribution in [0.4, 0.5) is 22.0 Å². The Morgan fingerprint density at radius 3 is 2.44 bits per heavy atom. The molecule has 0 saturated heterocycles. The van der Waals surface area contributed by atoms with Gasteiger partial charge in [0.05, 0.1) is 12.8 Å². The molecule has 152 valence electrons. The van der Waals surface area contributed by atoms with E-state index in [0.717, 1.165) is 35.0 Å². The molecule has 0 radical (unpaired) electrons. The molecule has 0 aliphatic heterocycles.